The molecule has 1 aromatic rings. The van der Waals surface area contributed by atoms with Crippen molar-refractivity contribution in [2.24, 2.45) is 5.92 Å². The fourth-order valence-electron chi connectivity index (χ4n) is 2.31. The Kier molecular flexibility index (Phi) is 4.31. The molecule has 98 valence electrons. The monoisotopic (exact) mass is 250 g/mol. The van der Waals surface area contributed by atoms with Gasteiger partial charge in [0.2, 0.25) is 5.91 Å². The SMILES string of the molecule is C[C@@H](NC(=O)[C@H]1CCCNC1)c1ccccc1F. The van der Waals surface area contributed by atoms with Crippen molar-refractivity contribution in [3.8, 4) is 0 Å². The molecular formula is C14H19FN2O. The van der Waals surface area contributed by atoms with Gasteiger partial charge in [-0.1, -0.05) is 18.2 Å². The van der Waals surface area contributed by atoms with Crippen molar-refractivity contribution in [2.45, 2.75) is 25.8 Å². The Morgan fingerprint density at radius 1 is 1.50 bits per heavy atom. The van der Waals surface area contributed by atoms with E-state index in [1.807, 2.05) is 6.92 Å². The van der Waals surface area contributed by atoms with Crippen LogP contribution in [0.1, 0.15) is 31.4 Å². The van der Waals surface area contributed by atoms with Crippen LogP contribution in [0, 0.1) is 11.7 Å². The van der Waals surface area contributed by atoms with Gasteiger partial charge in [0, 0.05) is 12.1 Å². The third kappa shape index (κ3) is 3.07. The largest absolute Gasteiger partial charge is 0.349 e. The normalized spacial score (nSPS) is 21.3. The van der Waals surface area contributed by atoms with Crippen molar-refractivity contribution < 1.29 is 9.18 Å². The maximum atomic E-state index is 13.6. The maximum Gasteiger partial charge on any atom is 0.224 e. The number of amides is 1. The van der Waals surface area contributed by atoms with Gasteiger partial charge in [-0.05, 0) is 32.4 Å². The third-order valence-electron chi connectivity index (χ3n) is 3.40. The van der Waals surface area contributed by atoms with Gasteiger partial charge >= 0.3 is 0 Å². The summed E-state index contributed by atoms with van der Waals surface area (Å²) in [5, 5.41) is 6.09. The molecule has 1 saturated heterocycles. The van der Waals surface area contributed by atoms with Crippen molar-refractivity contribution >= 4 is 5.91 Å². The van der Waals surface area contributed by atoms with Crippen molar-refractivity contribution in [1.29, 1.82) is 0 Å². The van der Waals surface area contributed by atoms with E-state index in [1.54, 1.807) is 18.2 Å². The smallest absolute Gasteiger partial charge is 0.224 e. The molecule has 2 rings (SSSR count). The Morgan fingerprint density at radius 2 is 2.28 bits per heavy atom. The molecule has 1 aromatic carbocycles. The Bertz CT molecular complexity index is 416. The van der Waals surface area contributed by atoms with Crippen molar-refractivity contribution in [3.05, 3.63) is 35.6 Å². The van der Waals surface area contributed by atoms with Gasteiger partial charge in [-0.2, -0.15) is 0 Å². The molecule has 0 unspecified atom stereocenters. The molecule has 4 heteroatoms. The minimum Gasteiger partial charge on any atom is -0.349 e. The summed E-state index contributed by atoms with van der Waals surface area (Å²) >= 11 is 0. The summed E-state index contributed by atoms with van der Waals surface area (Å²) in [7, 11) is 0. The molecule has 2 N–H and O–H groups in total. The average molecular weight is 250 g/mol. The molecule has 1 fully saturated rings. The van der Waals surface area contributed by atoms with Crippen LogP contribution in [0.25, 0.3) is 0 Å². The zero-order valence-electron chi connectivity index (χ0n) is 10.6. The number of hydrogen-bond donors (Lipinski definition) is 2. The zero-order chi connectivity index (χ0) is 13.0. The number of rotatable bonds is 3. The molecule has 18 heavy (non-hydrogen) atoms. The molecule has 0 bridgehead atoms. The van der Waals surface area contributed by atoms with E-state index < -0.39 is 0 Å². The average Bonchev–Trinajstić information content (AvgIpc) is 2.40. The molecule has 0 spiro atoms. The third-order valence-corrected chi connectivity index (χ3v) is 3.40. The van der Waals surface area contributed by atoms with E-state index in [9.17, 15) is 9.18 Å². The standard InChI is InChI=1S/C14H19FN2O/c1-10(12-6-2-3-7-13(12)15)17-14(18)11-5-4-8-16-9-11/h2-3,6-7,10-11,16H,4-5,8-9H2,1H3,(H,17,18)/t10-,11+/m1/s1. The Hall–Kier alpha value is -1.42. The predicted octanol–water partition coefficient (Wildman–Crippen LogP) is 2.00. The highest BCUT2D eigenvalue weighted by Crippen LogP contribution is 2.18. The molecule has 1 amide bonds. The summed E-state index contributed by atoms with van der Waals surface area (Å²) in [5.74, 6) is -0.252. The molecule has 0 saturated carbocycles. The molecule has 0 aliphatic carbocycles. The van der Waals surface area contributed by atoms with E-state index in [1.165, 1.54) is 6.07 Å². The van der Waals surface area contributed by atoms with Gasteiger partial charge in [0.1, 0.15) is 5.82 Å². The summed E-state index contributed by atoms with van der Waals surface area (Å²) in [5.41, 5.74) is 0.537. The second-order valence-corrected chi connectivity index (χ2v) is 4.80. The first-order chi connectivity index (χ1) is 8.68. The van der Waals surface area contributed by atoms with Gasteiger partial charge in [0.05, 0.1) is 12.0 Å². The van der Waals surface area contributed by atoms with E-state index >= 15 is 0 Å². The number of hydrogen-bond acceptors (Lipinski definition) is 2. The van der Waals surface area contributed by atoms with Gasteiger partial charge in [0.15, 0.2) is 0 Å². The highest BCUT2D eigenvalue weighted by molar-refractivity contribution is 5.79. The van der Waals surface area contributed by atoms with E-state index in [2.05, 4.69) is 10.6 Å². The maximum absolute atomic E-state index is 13.6. The van der Waals surface area contributed by atoms with E-state index in [-0.39, 0.29) is 23.7 Å². The molecular weight excluding hydrogens is 231 g/mol. The lowest BCUT2D eigenvalue weighted by Gasteiger charge is -2.24. The predicted molar refractivity (Wildman–Crippen MR) is 68.6 cm³/mol. The second kappa shape index (κ2) is 5.96. The van der Waals surface area contributed by atoms with Gasteiger partial charge in [0.25, 0.3) is 0 Å². The minimum atomic E-state index is -0.291. The minimum absolute atomic E-state index is 0.00738. The van der Waals surface area contributed by atoms with Gasteiger partial charge < -0.3 is 10.6 Å². The molecule has 2 atom stereocenters. The quantitative estimate of drug-likeness (QED) is 0.861. The van der Waals surface area contributed by atoms with Gasteiger partial charge in [-0.3, -0.25) is 4.79 Å². The van der Waals surface area contributed by atoms with Crippen molar-refractivity contribution in [2.75, 3.05) is 13.1 Å². The summed E-state index contributed by atoms with van der Waals surface area (Å²) in [6, 6.07) is 6.27. The summed E-state index contributed by atoms with van der Waals surface area (Å²) < 4.78 is 13.6. The fourth-order valence-corrected chi connectivity index (χ4v) is 2.31. The van der Waals surface area contributed by atoms with Crippen LogP contribution in [-0.2, 0) is 4.79 Å². The molecule has 1 aliphatic heterocycles. The first kappa shape index (κ1) is 13.0. The van der Waals surface area contributed by atoms with Crippen LogP contribution in [0.4, 0.5) is 4.39 Å². The van der Waals surface area contributed by atoms with Crippen molar-refractivity contribution in [3.63, 3.8) is 0 Å². The number of carbonyl (C=O) groups excluding carboxylic acids is 1. The van der Waals surface area contributed by atoms with Crippen LogP contribution in [0.15, 0.2) is 24.3 Å². The fraction of sp³-hybridized carbons (Fsp3) is 0.500. The molecule has 1 aliphatic rings. The van der Waals surface area contributed by atoms with Gasteiger partial charge in [-0.15, -0.1) is 0 Å². The van der Waals surface area contributed by atoms with E-state index in [4.69, 9.17) is 0 Å². The Morgan fingerprint density at radius 3 is 2.94 bits per heavy atom. The topological polar surface area (TPSA) is 41.1 Å². The van der Waals surface area contributed by atoms with Crippen LogP contribution in [0.3, 0.4) is 0 Å². The van der Waals surface area contributed by atoms with Crippen LogP contribution in [-0.4, -0.2) is 19.0 Å². The zero-order valence-corrected chi connectivity index (χ0v) is 10.6. The lowest BCUT2D eigenvalue weighted by atomic mass is 9.98. The second-order valence-electron chi connectivity index (χ2n) is 4.80. The first-order valence-corrected chi connectivity index (χ1v) is 6.44. The number of carbonyl (C=O) groups is 1. The highest BCUT2D eigenvalue weighted by atomic mass is 19.1. The Balaban J connectivity index is 1.96. The van der Waals surface area contributed by atoms with Crippen molar-refractivity contribution in [1.82, 2.24) is 10.6 Å². The number of halogens is 1. The number of nitrogens with one attached hydrogen (secondary N) is 2. The molecule has 0 radical (unpaired) electrons. The highest BCUT2D eigenvalue weighted by Gasteiger charge is 2.23. The van der Waals surface area contributed by atoms with Crippen LogP contribution in [0.5, 0.6) is 0 Å². The van der Waals surface area contributed by atoms with E-state index in [0.29, 0.717) is 5.56 Å². The Labute approximate surface area is 107 Å². The first-order valence-electron chi connectivity index (χ1n) is 6.44. The van der Waals surface area contributed by atoms with Crippen LogP contribution < -0.4 is 10.6 Å². The summed E-state index contributed by atoms with van der Waals surface area (Å²) in [6.45, 7) is 3.51. The van der Waals surface area contributed by atoms with Gasteiger partial charge in [-0.25, -0.2) is 4.39 Å². The number of piperidine rings is 1. The molecule has 0 aromatic heterocycles. The molecule has 1 heterocycles. The number of benzene rings is 1. The summed E-state index contributed by atoms with van der Waals surface area (Å²) in [6.07, 6.45) is 1.93. The summed E-state index contributed by atoms with van der Waals surface area (Å²) in [4.78, 5) is 12.0. The lowest BCUT2D eigenvalue weighted by molar-refractivity contribution is -0.126. The lowest BCUT2D eigenvalue weighted by Crippen LogP contribution is -2.41. The van der Waals surface area contributed by atoms with Crippen LogP contribution in [0.2, 0.25) is 0 Å². The van der Waals surface area contributed by atoms with Crippen LogP contribution >= 0.6 is 0 Å². The van der Waals surface area contributed by atoms with E-state index in [0.717, 1.165) is 25.9 Å². The molecule has 3 nitrogen and oxygen atoms in total.